The summed E-state index contributed by atoms with van der Waals surface area (Å²) in [5, 5.41) is 10.8. The molecule has 112 valence electrons. The second-order valence-electron chi connectivity index (χ2n) is 6.98. The first-order valence-corrected chi connectivity index (χ1v) is 8.01. The van der Waals surface area contributed by atoms with Gasteiger partial charge >= 0.3 is 0 Å². The SMILES string of the molecule is CC1CC(C(C)C(O)N2C(C)CC[C@H]2C)CC(C)O1. The highest BCUT2D eigenvalue weighted by Gasteiger charge is 2.39. The zero-order chi connectivity index (χ0) is 14.2. The molecule has 2 heterocycles. The zero-order valence-electron chi connectivity index (χ0n) is 13.2. The maximum atomic E-state index is 10.8. The van der Waals surface area contributed by atoms with Crippen molar-refractivity contribution >= 4 is 0 Å². The average molecular weight is 269 g/mol. The predicted octanol–water partition coefficient (Wildman–Crippen LogP) is 3.02. The molecule has 0 aliphatic carbocycles. The minimum Gasteiger partial charge on any atom is -0.378 e. The molecular weight excluding hydrogens is 238 g/mol. The van der Waals surface area contributed by atoms with Gasteiger partial charge in [0.05, 0.1) is 12.2 Å². The molecule has 1 N–H and O–H groups in total. The van der Waals surface area contributed by atoms with E-state index in [2.05, 4.69) is 39.5 Å². The molecule has 2 fully saturated rings. The Morgan fingerprint density at radius 2 is 1.47 bits per heavy atom. The molecule has 2 aliphatic heterocycles. The van der Waals surface area contributed by atoms with Crippen LogP contribution < -0.4 is 0 Å². The van der Waals surface area contributed by atoms with Crippen LogP contribution >= 0.6 is 0 Å². The van der Waals surface area contributed by atoms with Gasteiger partial charge in [-0.1, -0.05) is 6.92 Å². The van der Waals surface area contributed by atoms with Crippen molar-refractivity contribution < 1.29 is 9.84 Å². The first-order valence-electron chi connectivity index (χ1n) is 8.01. The first kappa shape index (κ1) is 15.3. The highest BCUT2D eigenvalue weighted by Crippen LogP contribution is 2.36. The molecule has 3 nitrogen and oxygen atoms in total. The van der Waals surface area contributed by atoms with Crippen LogP contribution in [0.25, 0.3) is 0 Å². The fourth-order valence-corrected chi connectivity index (χ4v) is 4.14. The smallest absolute Gasteiger partial charge is 0.110 e. The van der Waals surface area contributed by atoms with Crippen LogP contribution in [0.5, 0.6) is 0 Å². The van der Waals surface area contributed by atoms with Gasteiger partial charge < -0.3 is 9.84 Å². The third kappa shape index (κ3) is 3.32. The predicted molar refractivity (Wildman–Crippen MR) is 77.9 cm³/mol. The molecule has 0 amide bonds. The lowest BCUT2D eigenvalue weighted by atomic mass is 9.81. The van der Waals surface area contributed by atoms with Crippen LogP contribution in [0.15, 0.2) is 0 Å². The summed E-state index contributed by atoms with van der Waals surface area (Å²) in [5.74, 6) is 0.908. The lowest BCUT2D eigenvalue weighted by Gasteiger charge is -2.41. The summed E-state index contributed by atoms with van der Waals surface area (Å²) in [7, 11) is 0. The fourth-order valence-electron chi connectivity index (χ4n) is 4.14. The van der Waals surface area contributed by atoms with Gasteiger partial charge in [-0.15, -0.1) is 0 Å². The lowest BCUT2D eigenvalue weighted by Crippen LogP contribution is -2.48. The molecule has 6 atom stereocenters. The molecule has 0 saturated carbocycles. The summed E-state index contributed by atoms with van der Waals surface area (Å²) in [6.45, 7) is 11.0. The molecule has 0 spiro atoms. The molecule has 19 heavy (non-hydrogen) atoms. The summed E-state index contributed by atoms with van der Waals surface area (Å²) in [4.78, 5) is 2.33. The van der Waals surface area contributed by atoms with Gasteiger partial charge in [0.2, 0.25) is 0 Å². The van der Waals surface area contributed by atoms with E-state index in [1.54, 1.807) is 0 Å². The third-order valence-electron chi connectivity index (χ3n) is 5.27. The van der Waals surface area contributed by atoms with Gasteiger partial charge in [-0.05, 0) is 65.2 Å². The topological polar surface area (TPSA) is 32.7 Å². The molecule has 0 aromatic rings. The molecule has 0 aromatic carbocycles. The van der Waals surface area contributed by atoms with Crippen LogP contribution in [0.3, 0.4) is 0 Å². The number of nitrogens with zero attached hydrogens (tertiary/aromatic N) is 1. The van der Waals surface area contributed by atoms with Crippen molar-refractivity contribution in [1.82, 2.24) is 4.90 Å². The van der Waals surface area contributed by atoms with Crippen molar-refractivity contribution in [2.45, 2.75) is 90.8 Å². The van der Waals surface area contributed by atoms with Crippen molar-refractivity contribution in [3.05, 3.63) is 0 Å². The van der Waals surface area contributed by atoms with Gasteiger partial charge in [-0.2, -0.15) is 0 Å². The van der Waals surface area contributed by atoms with Crippen molar-refractivity contribution in [2.24, 2.45) is 11.8 Å². The first-order chi connectivity index (χ1) is 8.90. The van der Waals surface area contributed by atoms with Crippen LogP contribution in [-0.4, -0.2) is 40.5 Å². The van der Waals surface area contributed by atoms with Crippen molar-refractivity contribution in [1.29, 1.82) is 0 Å². The van der Waals surface area contributed by atoms with Gasteiger partial charge in [-0.25, -0.2) is 0 Å². The second kappa shape index (κ2) is 6.11. The lowest BCUT2D eigenvalue weighted by molar-refractivity contribution is -0.112. The number of hydrogen-bond donors (Lipinski definition) is 1. The molecule has 2 saturated heterocycles. The van der Waals surface area contributed by atoms with E-state index in [1.807, 2.05) is 0 Å². The summed E-state index contributed by atoms with van der Waals surface area (Å²) in [6.07, 6.45) is 4.96. The van der Waals surface area contributed by atoms with Crippen LogP contribution in [0.1, 0.15) is 60.3 Å². The highest BCUT2D eigenvalue weighted by atomic mass is 16.5. The Morgan fingerprint density at radius 3 is 1.95 bits per heavy atom. The maximum Gasteiger partial charge on any atom is 0.110 e. The van der Waals surface area contributed by atoms with Crippen LogP contribution in [0.2, 0.25) is 0 Å². The van der Waals surface area contributed by atoms with E-state index in [0.717, 1.165) is 12.8 Å². The summed E-state index contributed by atoms with van der Waals surface area (Å²) >= 11 is 0. The molecule has 2 aliphatic rings. The number of rotatable bonds is 3. The molecule has 3 heteroatoms. The second-order valence-corrected chi connectivity index (χ2v) is 6.98. The summed E-state index contributed by atoms with van der Waals surface area (Å²) in [5.41, 5.74) is 0. The molecular formula is C16H31NO2. The van der Waals surface area contributed by atoms with Crippen molar-refractivity contribution in [2.75, 3.05) is 0 Å². The minimum absolute atomic E-state index is 0.296. The van der Waals surface area contributed by atoms with Crippen molar-refractivity contribution in [3.63, 3.8) is 0 Å². The number of hydrogen-bond acceptors (Lipinski definition) is 3. The van der Waals surface area contributed by atoms with Crippen molar-refractivity contribution in [3.8, 4) is 0 Å². The Balaban J connectivity index is 2.00. The van der Waals surface area contributed by atoms with Gasteiger partial charge in [0.15, 0.2) is 0 Å². The molecule has 5 unspecified atom stereocenters. The normalized spacial score (nSPS) is 44.2. The number of aliphatic hydroxyl groups is 1. The molecule has 0 bridgehead atoms. The van der Waals surface area contributed by atoms with Crippen LogP contribution in [0.4, 0.5) is 0 Å². The largest absolute Gasteiger partial charge is 0.378 e. The van der Waals surface area contributed by atoms with Crippen LogP contribution in [0, 0.1) is 11.8 Å². The fraction of sp³-hybridized carbons (Fsp3) is 1.00. The molecule has 2 rings (SSSR count). The summed E-state index contributed by atoms with van der Waals surface area (Å²) in [6, 6.07) is 1.03. The quantitative estimate of drug-likeness (QED) is 0.855. The standard InChI is InChI=1S/C16H31NO2/c1-10-6-7-11(2)17(10)16(18)14(5)15-8-12(3)19-13(4)9-15/h10-16,18H,6-9H2,1-5H3/t10-,11?,12?,13?,14?,15?,16?/m1/s1. The Kier molecular flexibility index (Phi) is 4.91. The van der Waals surface area contributed by atoms with Crippen LogP contribution in [-0.2, 0) is 4.74 Å². The Bertz CT molecular complexity index is 276. The van der Waals surface area contributed by atoms with Gasteiger partial charge in [0.25, 0.3) is 0 Å². The van der Waals surface area contributed by atoms with E-state index in [4.69, 9.17) is 4.74 Å². The van der Waals surface area contributed by atoms with E-state index in [1.165, 1.54) is 12.8 Å². The number of ether oxygens (including phenoxy) is 1. The van der Waals surface area contributed by atoms with E-state index >= 15 is 0 Å². The maximum absolute atomic E-state index is 10.8. The van der Waals surface area contributed by atoms with Gasteiger partial charge in [-0.3, -0.25) is 4.90 Å². The van der Waals surface area contributed by atoms with E-state index in [0.29, 0.717) is 36.1 Å². The Hall–Kier alpha value is -0.120. The van der Waals surface area contributed by atoms with Gasteiger partial charge in [0.1, 0.15) is 6.23 Å². The zero-order valence-corrected chi connectivity index (χ0v) is 13.2. The number of likely N-dealkylation sites (tertiary alicyclic amines) is 1. The highest BCUT2D eigenvalue weighted by molar-refractivity contribution is 4.88. The van der Waals surface area contributed by atoms with E-state index in [9.17, 15) is 5.11 Å². The van der Waals surface area contributed by atoms with E-state index in [-0.39, 0.29) is 6.23 Å². The van der Waals surface area contributed by atoms with E-state index < -0.39 is 0 Å². The molecule has 0 radical (unpaired) electrons. The minimum atomic E-state index is -0.296. The van der Waals surface area contributed by atoms with Gasteiger partial charge in [0, 0.05) is 12.1 Å². The Labute approximate surface area is 118 Å². The monoisotopic (exact) mass is 269 g/mol. The Morgan fingerprint density at radius 1 is 1.00 bits per heavy atom. The summed E-state index contributed by atoms with van der Waals surface area (Å²) < 4.78 is 5.82. The number of aliphatic hydroxyl groups excluding tert-OH is 1. The molecule has 0 aromatic heterocycles. The average Bonchev–Trinajstić information content (AvgIpc) is 2.66. The third-order valence-corrected chi connectivity index (χ3v) is 5.27.